The smallest absolute Gasteiger partial charge is 0.191 e. The molecule has 25 heavy (non-hydrogen) atoms. The van der Waals surface area contributed by atoms with Gasteiger partial charge in [0.05, 0.1) is 0 Å². The first kappa shape index (κ1) is 20.5. The third-order valence-electron chi connectivity index (χ3n) is 5.39. The van der Waals surface area contributed by atoms with Crippen molar-refractivity contribution in [3.63, 3.8) is 0 Å². The molecule has 3 rings (SSSR count). The number of likely N-dealkylation sites (N-methyl/N-ethyl adjacent to an activating group) is 1. The summed E-state index contributed by atoms with van der Waals surface area (Å²) in [5.41, 5.74) is 1.47. The first-order valence-corrected chi connectivity index (χ1v) is 9.63. The second kappa shape index (κ2) is 10.4. The van der Waals surface area contributed by atoms with Crippen LogP contribution in [-0.2, 0) is 0 Å². The van der Waals surface area contributed by atoms with Crippen molar-refractivity contribution in [3.05, 3.63) is 35.9 Å². The number of rotatable bonds is 7. The average molecular weight is 456 g/mol. The first-order valence-electron chi connectivity index (χ1n) is 9.63. The number of halogens is 1. The molecular formula is C20H33IN4. The SMILES string of the molecule is CCNC(=NCC1CC1c1ccccc1)NCC1CCCN1CC.I. The van der Waals surface area contributed by atoms with Crippen LogP contribution in [-0.4, -0.2) is 49.6 Å². The highest BCUT2D eigenvalue weighted by Gasteiger charge is 2.37. The Morgan fingerprint density at radius 2 is 2.00 bits per heavy atom. The van der Waals surface area contributed by atoms with E-state index in [-0.39, 0.29) is 24.0 Å². The second-order valence-electron chi connectivity index (χ2n) is 7.04. The van der Waals surface area contributed by atoms with Crippen molar-refractivity contribution in [2.45, 2.75) is 45.1 Å². The van der Waals surface area contributed by atoms with Gasteiger partial charge >= 0.3 is 0 Å². The number of hydrogen-bond acceptors (Lipinski definition) is 2. The number of aliphatic imine (C=N–C) groups is 1. The van der Waals surface area contributed by atoms with Gasteiger partial charge in [-0.25, -0.2) is 0 Å². The Morgan fingerprint density at radius 3 is 2.72 bits per heavy atom. The van der Waals surface area contributed by atoms with Gasteiger partial charge in [0, 0.05) is 25.7 Å². The molecule has 1 aromatic carbocycles. The molecule has 3 unspecified atom stereocenters. The standard InChI is InChI=1S/C20H32N4.HI/c1-3-21-20(23-15-18-11-8-12-24(18)4-2)22-14-17-13-19(17)16-9-6-5-7-10-16;/h5-7,9-10,17-19H,3-4,8,11-15H2,1-2H3,(H2,21,22,23);1H. The summed E-state index contributed by atoms with van der Waals surface area (Å²) in [6.45, 7) is 9.64. The van der Waals surface area contributed by atoms with E-state index in [4.69, 9.17) is 4.99 Å². The first-order chi connectivity index (χ1) is 11.8. The maximum Gasteiger partial charge on any atom is 0.191 e. The molecule has 0 bridgehead atoms. The van der Waals surface area contributed by atoms with Crippen molar-refractivity contribution in [2.24, 2.45) is 10.9 Å². The molecule has 1 aliphatic carbocycles. The highest BCUT2D eigenvalue weighted by molar-refractivity contribution is 14.0. The minimum Gasteiger partial charge on any atom is -0.357 e. The van der Waals surface area contributed by atoms with Crippen molar-refractivity contribution in [1.82, 2.24) is 15.5 Å². The van der Waals surface area contributed by atoms with E-state index in [0.29, 0.717) is 17.9 Å². The Bertz CT molecular complexity index is 534. The zero-order valence-corrected chi connectivity index (χ0v) is 17.9. The number of guanidine groups is 1. The molecule has 2 fully saturated rings. The predicted molar refractivity (Wildman–Crippen MR) is 117 cm³/mol. The molecule has 2 aliphatic rings. The van der Waals surface area contributed by atoms with Crippen LogP contribution in [0.3, 0.4) is 0 Å². The number of nitrogens with one attached hydrogen (secondary N) is 2. The molecule has 3 atom stereocenters. The van der Waals surface area contributed by atoms with Crippen molar-refractivity contribution in [3.8, 4) is 0 Å². The van der Waals surface area contributed by atoms with Gasteiger partial charge in [0.15, 0.2) is 5.96 Å². The molecule has 0 spiro atoms. The lowest BCUT2D eigenvalue weighted by Crippen LogP contribution is -2.45. The molecule has 0 aromatic heterocycles. The van der Waals surface area contributed by atoms with Gasteiger partial charge in [0.2, 0.25) is 0 Å². The molecule has 140 valence electrons. The van der Waals surface area contributed by atoms with Gasteiger partial charge in [-0.1, -0.05) is 37.3 Å². The van der Waals surface area contributed by atoms with E-state index >= 15 is 0 Å². The fourth-order valence-corrected chi connectivity index (χ4v) is 3.87. The predicted octanol–water partition coefficient (Wildman–Crippen LogP) is 3.45. The molecule has 1 aromatic rings. The number of benzene rings is 1. The normalized spacial score (nSPS) is 26.2. The van der Waals surface area contributed by atoms with Gasteiger partial charge in [-0.15, -0.1) is 24.0 Å². The van der Waals surface area contributed by atoms with Crippen LogP contribution in [0.4, 0.5) is 0 Å². The van der Waals surface area contributed by atoms with Crippen molar-refractivity contribution >= 4 is 29.9 Å². The van der Waals surface area contributed by atoms with Gasteiger partial charge in [-0.2, -0.15) is 0 Å². The summed E-state index contributed by atoms with van der Waals surface area (Å²) in [5, 5.41) is 6.96. The monoisotopic (exact) mass is 456 g/mol. The molecule has 1 saturated heterocycles. The number of hydrogen-bond donors (Lipinski definition) is 2. The van der Waals surface area contributed by atoms with Crippen LogP contribution in [0.2, 0.25) is 0 Å². The maximum absolute atomic E-state index is 4.84. The van der Waals surface area contributed by atoms with Crippen LogP contribution >= 0.6 is 24.0 Å². The third kappa shape index (κ3) is 5.84. The fraction of sp³-hybridized carbons (Fsp3) is 0.650. The quantitative estimate of drug-likeness (QED) is 0.375. The van der Waals surface area contributed by atoms with Gasteiger partial charge < -0.3 is 10.6 Å². The molecule has 4 nitrogen and oxygen atoms in total. The van der Waals surface area contributed by atoms with Gasteiger partial charge in [-0.05, 0) is 56.7 Å². The highest BCUT2D eigenvalue weighted by atomic mass is 127. The maximum atomic E-state index is 4.84. The lowest BCUT2D eigenvalue weighted by molar-refractivity contribution is 0.267. The van der Waals surface area contributed by atoms with Crippen LogP contribution in [0.1, 0.15) is 44.6 Å². The summed E-state index contributed by atoms with van der Waals surface area (Å²) >= 11 is 0. The van der Waals surface area contributed by atoms with Gasteiger partial charge in [0.25, 0.3) is 0 Å². The van der Waals surface area contributed by atoms with E-state index in [1.54, 1.807) is 0 Å². The molecule has 0 amide bonds. The molecule has 0 radical (unpaired) electrons. The Labute approximate surface area is 169 Å². The van der Waals surface area contributed by atoms with E-state index in [9.17, 15) is 0 Å². The number of likely N-dealkylation sites (tertiary alicyclic amines) is 1. The molecule has 5 heteroatoms. The minimum atomic E-state index is 0. The van der Waals surface area contributed by atoms with Crippen LogP contribution < -0.4 is 10.6 Å². The van der Waals surface area contributed by atoms with E-state index in [2.05, 4.69) is 59.7 Å². The summed E-state index contributed by atoms with van der Waals surface area (Å²) in [5.74, 6) is 2.41. The van der Waals surface area contributed by atoms with Crippen LogP contribution in [0.15, 0.2) is 35.3 Å². The lowest BCUT2D eigenvalue weighted by Gasteiger charge is -2.24. The Hall–Kier alpha value is -0.820. The average Bonchev–Trinajstić information content (AvgIpc) is 3.26. The topological polar surface area (TPSA) is 39.7 Å². The summed E-state index contributed by atoms with van der Waals surface area (Å²) in [6, 6.07) is 11.5. The van der Waals surface area contributed by atoms with E-state index < -0.39 is 0 Å². The van der Waals surface area contributed by atoms with Crippen molar-refractivity contribution < 1.29 is 0 Å². The zero-order chi connectivity index (χ0) is 16.8. The van der Waals surface area contributed by atoms with Crippen molar-refractivity contribution in [2.75, 3.05) is 32.7 Å². The van der Waals surface area contributed by atoms with Crippen LogP contribution in [0, 0.1) is 5.92 Å². The van der Waals surface area contributed by atoms with Crippen LogP contribution in [0.5, 0.6) is 0 Å². The van der Waals surface area contributed by atoms with E-state index in [0.717, 1.165) is 32.1 Å². The summed E-state index contributed by atoms with van der Waals surface area (Å²) < 4.78 is 0. The molecule has 1 heterocycles. The minimum absolute atomic E-state index is 0. The Balaban J connectivity index is 0.00000225. The second-order valence-corrected chi connectivity index (χ2v) is 7.04. The Kier molecular flexibility index (Phi) is 8.49. The fourth-order valence-electron chi connectivity index (χ4n) is 3.87. The third-order valence-corrected chi connectivity index (χ3v) is 5.39. The molecule has 1 aliphatic heterocycles. The van der Waals surface area contributed by atoms with E-state index in [1.165, 1.54) is 31.4 Å². The molecule has 1 saturated carbocycles. The largest absolute Gasteiger partial charge is 0.357 e. The Morgan fingerprint density at radius 1 is 1.20 bits per heavy atom. The van der Waals surface area contributed by atoms with Gasteiger partial charge in [-0.3, -0.25) is 9.89 Å². The number of nitrogens with zero attached hydrogens (tertiary/aromatic N) is 2. The highest BCUT2D eigenvalue weighted by Crippen LogP contribution is 2.47. The zero-order valence-electron chi connectivity index (χ0n) is 15.6. The lowest BCUT2D eigenvalue weighted by atomic mass is 10.1. The summed E-state index contributed by atoms with van der Waals surface area (Å²) in [4.78, 5) is 7.41. The van der Waals surface area contributed by atoms with Crippen molar-refractivity contribution in [1.29, 1.82) is 0 Å². The summed E-state index contributed by atoms with van der Waals surface area (Å²) in [6.07, 6.45) is 3.91. The van der Waals surface area contributed by atoms with Crippen LogP contribution in [0.25, 0.3) is 0 Å². The van der Waals surface area contributed by atoms with E-state index in [1.807, 2.05) is 0 Å². The summed E-state index contributed by atoms with van der Waals surface area (Å²) in [7, 11) is 0. The molecule has 2 N–H and O–H groups in total. The molecular weight excluding hydrogens is 423 g/mol. The van der Waals surface area contributed by atoms with Gasteiger partial charge in [0.1, 0.15) is 0 Å².